The first-order valence-electron chi connectivity index (χ1n) is 11.3. The van der Waals surface area contributed by atoms with Crippen LogP contribution >= 0.6 is 0 Å². The van der Waals surface area contributed by atoms with E-state index in [2.05, 4.69) is 0 Å². The first-order valence-corrected chi connectivity index (χ1v) is 12.7. The Balaban J connectivity index is 1.64. The molecule has 4 rings (SSSR count). The largest absolute Gasteiger partial charge is 0.451 e. The Kier molecular flexibility index (Phi) is 6.67. The molecule has 0 radical (unpaired) electrons. The number of amides is 1. The number of nitrogens with zero attached hydrogens (tertiary/aromatic N) is 2. The summed E-state index contributed by atoms with van der Waals surface area (Å²) in [5.74, 6) is 0.0732. The standard InChI is InChI=1S/C25H30N2O4S/c1-3-26(18-20-11-7-6-8-12-20)25(28)24-19(2)22-17-21(13-14-23(22)31-24)32(29,30)27-15-9-4-5-10-16-27/h6-8,11-14,17H,3-5,9-10,15-16,18H2,1-2H3. The third-order valence-corrected chi connectivity index (χ3v) is 8.08. The van der Waals surface area contributed by atoms with Gasteiger partial charge < -0.3 is 9.32 Å². The molecule has 0 spiro atoms. The topological polar surface area (TPSA) is 70.8 Å². The second-order valence-electron chi connectivity index (χ2n) is 8.34. The summed E-state index contributed by atoms with van der Waals surface area (Å²) in [7, 11) is -3.57. The summed E-state index contributed by atoms with van der Waals surface area (Å²) in [6.07, 6.45) is 3.90. The number of fused-ring (bicyclic) bond motifs is 1. The van der Waals surface area contributed by atoms with Crippen LogP contribution in [0.5, 0.6) is 0 Å². The third kappa shape index (κ3) is 4.45. The molecular formula is C25H30N2O4S. The van der Waals surface area contributed by atoms with Gasteiger partial charge in [0, 0.05) is 37.1 Å². The van der Waals surface area contributed by atoms with Crippen molar-refractivity contribution in [3.8, 4) is 0 Å². The van der Waals surface area contributed by atoms with Gasteiger partial charge in [-0.1, -0.05) is 43.2 Å². The lowest BCUT2D eigenvalue weighted by Crippen LogP contribution is -2.31. The molecule has 3 aromatic rings. The number of rotatable bonds is 6. The average molecular weight is 455 g/mol. The Morgan fingerprint density at radius 3 is 2.38 bits per heavy atom. The summed E-state index contributed by atoms with van der Waals surface area (Å²) in [5.41, 5.74) is 2.24. The van der Waals surface area contributed by atoms with Gasteiger partial charge in [-0.15, -0.1) is 0 Å². The lowest BCUT2D eigenvalue weighted by Gasteiger charge is -2.20. The Labute approximate surface area is 189 Å². The van der Waals surface area contributed by atoms with E-state index in [1.165, 1.54) is 0 Å². The zero-order valence-corrected chi connectivity index (χ0v) is 19.5. The normalized spacial score (nSPS) is 15.6. The maximum absolute atomic E-state index is 13.2. The number of aryl methyl sites for hydroxylation is 1. The summed E-state index contributed by atoms with van der Waals surface area (Å²) in [4.78, 5) is 15.2. The maximum Gasteiger partial charge on any atom is 0.290 e. The minimum absolute atomic E-state index is 0.193. The molecule has 0 N–H and O–H groups in total. The van der Waals surface area contributed by atoms with E-state index in [1.54, 1.807) is 27.4 Å². The van der Waals surface area contributed by atoms with E-state index in [4.69, 9.17) is 4.42 Å². The van der Waals surface area contributed by atoms with Crippen LogP contribution in [0.15, 0.2) is 57.8 Å². The van der Waals surface area contributed by atoms with E-state index in [0.29, 0.717) is 42.7 Å². The summed E-state index contributed by atoms with van der Waals surface area (Å²) in [5, 5.41) is 0.667. The molecule has 0 bridgehead atoms. The molecule has 0 aliphatic carbocycles. The molecule has 0 unspecified atom stereocenters. The molecule has 0 saturated carbocycles. The van der Waals surface area contributed by atoms with Crippen molar-refractivity contribution in [2.45, 2.75) is 51.0 Å². The minimum Gasteiger partial charge on any atom is -0.451 e. The molecular weight excluding hydrogens is 424 g/mol. The molecule has 1 saturated heterocycles. The van der Waals surface area contributed by atoms with Crippen molar-refractivity contribution in [3.63, 3.8) is 0 Å². The summed E-state index contributed by atoms with van der Waals surface area (Å²) >= 11 is 0. The van der Waals surface area contributed by atoms with Crippen LogP contribution in [-0.2, 0) is 16.6 Å². The minimum atomic E-state index is -3.57. The second-order valence-corrected chi connectivity index (χ2v) is 10.3. The fraction of sp³-hybridized carbons (Fsp3) is 0.400. The molecule has 0 atom stereocenters. The van der Waals surface area contributed by atoms with Gasteiger partial charge in [-0.25, -0.2) is 8.42 Å². The van der Waals surface area contributed by atoms with Crippen molar-refractivity contribution in [1.29, 1.82) is 0 Å². The van der Waals surface area contributed by atoms with E-state index in [-0.39, 0.29) is 16.6 Å². The maximum atomic E-state index is 13.2. The third-order valence-electron chi connectivity index (χ3n) is 6.19. The SMILES string of the molecule is CCN(Cc1ccccc1)C(=O)c1oc2ccc(S(=O)(=O)N3CCCCCC3)cc2c1C. The van der Waals surface area contributed by atoms with Crippen LogP contribution in [0.4, 0.5) is 0 Å². The number of hydrogen-bond donors (Lipinski definition) is 0. The number of sulfonamides is 1. The number of carbonyl (C=O) groups excluding carboxylic acids is 1. The Hall–Kier alpha value is -2.64. The van der Waals surface area contributed by atoms with Crippen LogP contribution in [-0.4, -0.2) is 43.2 Å². The van der Waals surface area contributed by atoms with Gasteiger partial charge in [-0.3, -0.25) is 4.79 Å². The van der Waals surface area contributed by atoms with Crippen molar-refractivity contribution in [2.24, 2.45) is 0 Å². The van der Waals surface area contributed by atoms with Crippen LogP contribution in [0.1, 0.15) is 54.3 Å². The zero-order chi connectivity index (χ0) is 22.7. The van der Waals surface area contributed by atoms with Gasteiger partial charge >= 0.3 is 0 Å². The Morgan fingerprint density at radius 2 is 1.72 bits per heavy atom. The average Bonchev–Trinajstić information content (AvgIpc) is 2.97. The molecule has 1 aliphatic heterocycles. The van der Waals surface area contributed by atoms with Crippen molar-refractivity contribution in [3.05, 3.63) is 65.4 Å². The van der Waals surface area contributed by atoms with Gasteiger partial charge in [0.05, 0.1) is 4.90 Å². The molecule has 32 heavy (non-hydrogen) atoms. The summed E-state index contributed by atoms with van der Waals surface area (Å²) < 4.78 is 33.9. The van der Waals surface area contributed by atoms with Gasteiger partial charge in [-0.05, 0) is 50.5 Å². The second kappa shape index (κ2) is 9.46. The predicted molar refractivity (Wildman–Crippen MR) is 125 cm³/mol. The van der Waals surface area contributed by atoms with Gasteiger partial charge in [0.15, 0.2) is 5.76 Å². The molecule has 1 aliphatic rings. The number of benzene rings is 2. The lowest BCUT2D eigenvalue weighted by atomic mass is 10.1. The van der Waals surface area contributed by atoms with Gasteiger partial charge in [-0.2, -0.15) is 4.31 Å². The molecule has 170 valence electrons. The summed E-state index contributed by atoms with van der Waals surface area (Å²) in [6, 6.07) is 14.7. The van der Waals surface area contributed by atoms with Crippen molar-refractivity contribution < 1.29 is 17.6 Å². The highest BCUT2D eigenvalue weighted by Gasteiger charge is 2.27. The van der Waals surface area contributed by atoms with Crippen molar-refractivity contribution in [1.82, 2.24) is 9.21 Å². The first-order chi connectivity index (χ1) is 15.4. The van der Waals surface area contributed by atoms with Crippen LogP contribution in [0, 0.1) is 6.92 Å². The van der Waals surface area contributed by atoms with E-state index < -0.39 is 10.0 Å². The van der Waals surface area contributed by atoms with E-state index >= 15 is 0 Å². The van der Waals surface area contributed by atoms with Gasteiger partial charge in [0.25, 0.3) is 5.91 Å². The monoisotopic (exact) mass is 454 g/mol. The zero-order valence-electron chi connectivity index (χ0n) is 18.7. The fourth-order valence-corrected chi connectivity index (χ4v) is 5.81. The molecule has 7 heteroatoms. The van der Waals surface area contributed by atoms with Crippen molar-refractivity contribution >= 4 is 26.9 Å². The van der Waals surface area contributed by atoms with Crippen LogP contribution in [0.3, 0.4) is 0 Å². The Bertz CT molecular complexity index is 1190. The first kappa shape index (κ1) is 22.6. The molecule has 6 nitrogen and oxygen atoms in total. The quantitative estimate of drug-likeness (QED) is 0.527. The van der Waals surface area contributed by atoms with Gasteiger partial charge in [0.2, 0.25) is 10.0 Å². The van der Waals surface area contributed by atoms with Gasteiger partial charge in [0.1, 0.15) is 5.58 Å². The van der Waals surface area contributed by atoms with Crippen molar-refractivity contribution in [2.75, 3.05) is 19.6 Å². The summed E-state index contributed by atoms with van der Waals surface area (Å²) in [6.45, 7) is 5.89. The van der Waals surface area contributed by atoms with Crippen LogP contribution in [0.2, 0.25) is 0 Å². The van der Waals surface area contributed by atoms with E-state index in [1.807, 2.05) is 44.2 Å². The fourth-order valence-electron chi connectivity index (χ4n) is 4.27. The highest BCUT2D eigenvalue weighted by molar-refractivity contribution is 7.89. The molecule has 2 aromatic carbocycles. The van der Waals surface area contributed by atoms with Crippen LogP contribution < -0.4 is 0 Å². The van der Waals surface area contributed by atoms with Crippen LogP contribution in [0.25, 0.3) is 11.0 Å². The number of carbonyl (C=O) groups is 1. The molecule has 1 amide bonds. The van der Waals surface area contributed by atoms with E-state index in [0.717, 1.165) is 31.2 Å². The number of hydrogen-bond acceptors (Lipinski definition) is 4. The smallest absolute Gasteiger partial charge is 0.290 e. The highest BCUT2D eigenvalue weighted by Crippen LogP contribution is 2.30. The van der Waals surface area contributed by atoms with E-state index in [9.17, 15) is 13.2 Å². The molecule has 1 aromatic heterocycles. The highest BCUT2D eigenvalue weighted by atomic mass is 32.2. The predicted octanol–water partition coefficient (Wildman–Crippen LogP) is 4.97. The Morgan fingerprint density at radius 1 is 1.03 bits per heavy atom. The number of furan rings is 1. The lowest BCUT2D eigenvalue weighted by molar-refractivity contribution is 0.0722. The molecule has 2 heterocycles. The molecule has 1 fully saturated rings.